The van der Waals surface area contributed by atoms with Crippen LogP contribution < -0.4 is 10.0 Å². The molecule has 2 N–H and O–H groups in total. The van der Waals surface area contributed by atoms with Crippen molar-refractivity contribution >= 4 is 38.2 Å². The second-order valence-corrected chi connectivity index (χ2v) is 7.04. The van der Waals surface area contributed by atoms with Crippen LogP contribution in [0.25, 0.3) is 10.9 Å². The Morgan fingerprint density at radius 1 is 0.917 bits per heavy atom. The highest BCUT2D eigenvalue weighted by atomic mass is 32.2. The minimum atomic E-state index is -3.32. The van der Waals surface area contributed by atoms with Crippen molar-refractivity contribution in [3.63, 3.8) is 0 Å². The average molecular weight is 341 g/mol. The molecular formula is C17H15N3O3S. The first-order valence-corrected chi connectivity index (χ1v) is 9.05. The molecule has 24 heavy (non-hydrogen) atoms. The highest BCUT2D eigenvalue weighted by Crippen LogP contribution is 2.16. The third kappa shape index (κ3) is 3.88. The lowest BCUT2D eigenvalue weighted by molar-refractivity contribution is 0.102. The SMILES string of the molecule is CS(=O)(=O)Nc1ccc(NC(=O)c2ccc3ccccc3n2)cc1. The van der Waals surface area contributed by atoms with Gasteiger partial charge in [-0.15, -0.1) is 0 Å². The number of nitrogens with zero attached hydrogens (tertiary/aromatic N) is 1. The number of para-hydroxylation sites is 1. The minimum Gasteiger partial charge on any atom is -0.321 e. The molecule has 0 aliphatic carbocycles. The van der Waals surface area contributed by atoms with Gasteiger partial charge >= 0.3 is 0 Å². The second kappa shape index (κ2) is 6.29. The third-order valence-corrected chi connectivity index (χ3v) is 3.88. The maximum absolute atomic E-state index is 12.3. The van der Waals surface area contributed by atoms with Gasteiger partial charge in [-0.05, 0) is 36.4 Å². The average Bonchev–Trinajstić information content (AvgIpc) is 2.55. The van der Waals surface area contributed by atoms with Crippen molar-refractivity contribution in [2.24, 2.45) is 0 Å². The standard InChI is InChI=1S/C17H15N3O3S/c1-24(22,23)20-14-9-7-13(8-10-14)18-17(21)16-11-6-12-4-2-3-5-15(12)19-16/h2-11,20H,1H3,(H,18,21). The normalized spacial score (nSPS) is 11.2. The molecule has 0 bridgehead atoms. The van der Waals surface area contributed by atoms with Crippen molar-refractivity contribution in [1.29, 1.82) is 0 Å². The van der Waals surface area contributed by atoms with Gasteiger partial charge in [-0.1, -0.05) is 24.3 Å². The van der Waals surface area contributed by atoms with Crippen LogP contribution in [0.3, 0.4) is 0 Å². The summed E-state index contributed by atoms with van der Waals surface area (Å²) in [6, 6.07) is 17.4. The summed E-state index contributed by atoms with van der Waals surface area (Å²) in [5, 5.41) is 3.70. The number of aromatic nitrogens is 1. The van der Waals surface area contributed by atoms with Gasteiger partial charge in [0.1, 0.15) is 5.69 Å². The molecule has 1 heterocycles. The zero-order valence-corrected chi connectivity index (χ0v) is 13.7. The number of carbonyl (C=O) groups is 1. The Balaban J connectivity index is 1.76. The Morgan fingerprint density at radius 2 is 1.58 bits per heavy atom. The molecule has 0 saturated carbocycles. The monoisotopic (exact) mass is 341 g/mol. The van der Waals surface area contributed by atoms with Crippen LogP contribution in [0.5, 0.6) is 0 Å². The van der Waals surface area contributed by atoms with Crippen LogP contribution in [0.15, 0.2) is 60.7 Å². The first-order chi connectivity index (χ1) is 11.4. The van der Waals surface area contributed by atoms with E-state index in [4.69, 9.17) is 0 Å². The Hall–Kier alpha value is -2.93. The van der Waals surface area contributed by atoms with Crippen molar-refractivity contribution in [3.05, 3.63) is 66.4 Å². The van der Waals surface area contributed by atoms with Crippen LogP contribution in [0.2, 0.25) is 0 Å². The Labute approximate surface area is 139 Å². The number of carbonyl (C=O) groups excluding carboxylic acids is 1. The zero-order chi connectivity index (χ0) is 17.2. The number of hydrogen-bond acceptors (Lipinski definition) is 4. The number of pyridine rings is 1. The molecule has 0 saturated heterocycles. The van der Waals surface area contributed by atoms with E-state index < -0.39 is 10.0 Å². The van der Waals surface area contributed by atoms with Gasteiger partial charge in [0.25, 0.3) is 5.91 Å². The number of nitrogens with one attached hydrogen (secondary N) is 2. The predicted octanol–water partition coefficient (Wildman–Crippen LogP) is 2.86. The number of hydrogen-bond donors (Lipinski definition) is 2. The largest absolute Gasteiger partial charge is 0.321 e. The van der Waals surface area contributed by atoms with Gasteiger partial charge in [-0.2, -0.15) is 0 Å². The summed E-state index contributed by atoms with van der Waals surface area (Å²) >= 11 is 0. The maximum Gasteiger partial charge on any atom is 0.274 e. The molecule has 0 spiro atoms. The molecule has 0 fully saturated rings. The fourth-order valence-corrected chi connectivity index (χ4v) is 2.79. The minimum absolute atomic E-state index is 0.312. The fourth-order valence-electron chi connectivity index (χ4n) is 2.22. The van der Waals surface area contributed by atoms with Gasteiger partial charge in [-0.3, -0.25) is 9.52 Å². The van der Waals surface area contributed by atoms with E-state index in [1.165, 1.54) is 0 Å². The fraction of sp³-hybridized carbons (Fsp3) is 0.0588. The lowest BCUT2D eigenvalue weighted by Crippen LogP contribution is -2.14. The summed E-state index contributed by atoms with van der Waals surface area (Å²) in [5.41, 5.74) is 2.04. The molecule has 0 atom stereocenters. The van der Waals surface area contributed by atoms with E-state index in [0.717, 1.165) is 17.2 Å². The smallest absolute Gasteiger partial charge is 0.274 e. The molecule has 1 aromatic heterocycles. The van der Waals surface area contributed by atoms with Crippen LogP contribution in [-0.4, -0.2) is 25.6 Å². The molecule has 3 aromatic rings. The van der Waals surface area contributed by atoms with Crippen LogP contribution in [-0.2, 0) is 10.0 Å². The van der Waals surface area contributed by atoms with E-state index in [-0.39, 0.29) is 5.91 Å². The van der Waals surface area contributed by atoms with E-state index in [0.29, 0.717) is 17.1 Å². The van der Waals surface area contributed by atoms with Crippen LogP contribution in [0.4, 0.5) is 11.4 Å². The lowest BCUT2D eigenvalue weighted by atomic mass is 10.2. The molecule has 0 unspecified atom stereocenters. The summed E-state index contributed by atoms with van der Waals surface area (Å²) in [7, 11) is -3.32. The molecule has 7 heteroatoms. The summed E-state index contributed by atoms with van der Waals surface area (Å²) in [6.45, 7) is 0. The number of rotatable bonds is 4. The molecule has 2 aromatic carbocycles. The van der Waals surface area contributed by atoms with Crippen LogP contribution in [0.1, 0.15) is 10.5 Å². The van der Waals surface area contributed by atoms with Gasteiger partial charge in [0.05, 0.1) is 11.8 Å². The van der Waals surface area contributed by atoms with Gasteiger partial charge in [0, 0.05) is 16.8 Å². The Kier molecular flexibility index (Phi) is 4.18. The highest BCUT2D eigenvalue weighted by molar-refractivity contribution is 7.92. The molecular weight excluding hydrogens is 326 g/mol. The van der Waals surface area contributed by atoms with Crippen LogP contribution >= 0.6 is 0 Å². The van der Waals surface area contributed by atoms with Crippen molar-refractivity contribution in [3.8, 4) is 0 Å². The number of amides is 1. The second-order valence-electron chi connectivity index (χ2n) is 5.29. The molecule has 0 radical (unpaired) electrons. The van der Waals surface area contributed by atoms with Gasteiger partial charge in [0.2, 0.25) is 10.0 Å². The van der Waals surface area contributed by atoms with E-state index in [9.17, 15) is 13.2 Å². The van der Waals surface area contributed by atoms with E-state index in [1.54, 1.807) is 30.3 Å². The van der Waals surface area contributed by atoms with Crippen molar-refractivity contribution in [2.75, 3.05) is 16.3 Å². The topological polar surface area (TPSA) is 88.2 Å². The first-order valence-electron chi connectivity index (χ1n) is 7.16. The van der Waals surface area contributed by atoms with Crippen molar-refractivity contribution in [1.82, 2.24) is 4.98 Å². The molecule has 0 aliphatic heterocycles. The summed E-state index contributed by atoms with van der Waals surface area (Å²) in [4.78, 5) is 16.6. The van der Waals surface area contributed by atoms with Gasteiger partial charge in [-0.25, -0.2) is 13.4 Å². The number of benzene rings is 2. The van der Waals surface area contributed by atoms with Crippen LogP contribution in [0, 0.1) is 0 Å². The molecule has 122 valence electrons. The Bertz CT molecular complexity index is 999. The Morgan fingerprint density at radius 3 is 2.29 bits per heavy atom. The predicted molar refractivity (Wildman–Crippen MR) is 94.6 cm³/mol. The van der Waals surface area contributed by atoms with Gasteiger partial charge in [0.15, 0.2) is 0 Å². The maximum atomic E-state index is 12.3. The quantitative estimate of drug-likeness (QED) is 0.764. The number of fused-ring (bicyclic) bond motifs is 1. The first kappa shape index (κ1) is 15.9. The summed E-state index contributed by atoms with van der Waals surface area (Å²) < 4.78 is 24.7. The van der Waals surface area contributed by atoms with Crippen molar-refractivity contribution < 1.29 is 13.2 Å². The molecule has 1 amide bonds. The number of anilines is 2. The zero-order valence-electron chi connectivity index (χ0n) is 12.9. The number of sulfonamides is 1. The van der Waals surface area contributed by atoms with E-state index in [2.05, 4.69) is 15.0 Å². The summed E-state index contributed by atoms with van der Waals surface area (Å²) in [5.74, 6) is -0.329. The molecule has 6 nitrogen and oxygen atoms in total. The van der Waals surface area contributed by atoms with Gasteiger partial charge < -0.3 is 5.32 Å². The van der Waals surface area contributed by atoms with E-state index >= 15 is 0 Å². The lowest BCUT2D eigenvalue weighted by Gasteiger charge is -2.07. The van der Waals surface area contributed by atoms with E-state index in [1.807, 2.05) is 30.3 Å². The molecule has 0 aliphatic rings. The third-order valence-electron chi connectivity index (χ3n) is 3.28. The van der Waals surface area contributed by atoms with Crippen molar-refractivity contribution in [2.45, 2.75) is 0 Å². The highest BCUT2D eigenvalue weighted by Gasteiger charge is 2.09. The summed E-state index contributed by atoms with van der Waals surface area (Å²) in [6.07, 6.45) is 1.08. The molecule has 3 rings (SSSR count).